The van der Waals surface area contributed by atoms with Crippen molar-refractivity contribution in [3.63, 3.8) is 0 Å². The van der Waals surface area contributed by atoms with Gasteiger partial charge >= 0.3 is 0 Å². The number of carbonyl (C=O) groups excluding carboxylic acids is 1. The molecule has 1 saturated heterocycles. The number of hydrogen-bond acceptors (Lipinski definition) is 7. The van der Waals surface area contributed by atoms with Crippen LogP contribution in [0.2, 0.25) is 0 Å². The smallest absolute Gasteiger partial charge is 0.261 e. The molecule has 0 N–H and O–H groups in total. The number of hydrogen-bond donors (Lipinski definition) is 0. The average Bonchev–Trinajstić information content (AvgIpc) is 3.34. The third kappa shape index (κ3) is 4.58. The summed E-state index contributed by atoms with van der Waals surface area (Å²) in [6, 6.07) is 11.1. The fraction of sp³-hybridized carbons (Fsp3) is 0.385. The van der Waals surface area contributed by atoms with Crippen LogP contribution < -0.4 is 15.0 Å². The second kappa shape index (κ2) is 9.77. The van der Waals surface area contributed by atoms with Crippen LogP contribution in [0.4, 0.5) is 0 Å². The highest BCUT2D eigenvalue weighted by Crippen LogP contribution is 2.31. The molecular weight excluding hydrogens is 448 g/mol. The fourth-order valence-corrected chi connectivity index (χ4v) is 4.64. The van der Waals surface area contributed by atoms with Gasteiger partial charge in [0.25, 0.3) is 5.56 Å². The van der Waals surface area contributed by atoms with E-state index >= 15 is 0 Å². The Kier molecular flexibility index (Phi) is 6.39. The molecule has 0 unspecified atom stereocenters. The van der Waals surface area contributed by atoms with Crippen molar-refractivity contribution >= 4 is 27.9 Å². The van der Waals surface area contributed by atoms with Crippen molar-refractivity contribution in [3.8, 4) is 11.5 Å². The topological polar surface area (TPSA) is 99.7 Å². The van der Waals surface area contributed by atoms with E-state index < -0.39 is 0 Å². The van der Waals surface area contributed by atoms with Crippen LogP contribution in [-0.4, -0.2) is 52.7 Å². The number of nitrogens with zero attached hydrogens (tertiary/aromatic N) is 4. The summed E-state index contributed by atoms with van der Waals surface area (Å²) in [5.41, 5.74) is 2.05. The zero-order valence-electron chi connectivity index (χ0n) is 19.9. The Bertz CT molecular complexity index is 1390. The maximum Gasteiger partial charge on any atom is 0.261 e. The Balaban J connectivity index is 1.16. The third-order valence-electron chi connectivity index (χ3n) is 6.63. The zero-order valence-corrected chi connectivity index (χ0v) is 19.9. The van der Waals surface area contributed by atoms with Crippen LogP contribution in [0.3, 0.4) is 0 Å². The Labute approximate surface area is 202 Å². The number of methoxy groups -OCH3 is 2. The van der Waals surface area contributed by atoms with E-state index in [9.17, 15) is 9.59 Å². The van der Waals surface area contributed by atoms with Crippen LogP contribution in [-0.2, 0) is 11.3 Å². The number of para-hydroxylation sites is 2. The lowest BCUT2D eigenvalue weighted by Gasteiger charge is -2.30. The van der Waals surface area contributed by atoms with Crippen molar-refractivity contribution in [1.29, 1.82) is 0 Å². The van der Waals surface area contributed by atoms with Crippen LogP contribution in [0.15, 0.2) is 51.9 Å². The molecule has 182 valence electrons. The summed E-state index contributed by atoms with van der Waals surface area (Å²) in [5, 5.41) is 0.456. The van der Waals surface area contributed by atoms with Gasteiger partial charge in [0, 0.05) is 38.0 Å². The molecule has 5 rings (SSSR count). The van der Waals surface area contributed by atoms with Gasteiger partial charge in [-0.25, -0.2) is 9.97 Å². The number of ether oxygens (including phenoxy) is 2. The van der Waals surface area contributed by atoms with Gasteiger partial charge in [0.2, 0.25) is 5.91 Å². The molecule has 0 aliphatic carbocycles. The first kappa shape index (κ1) is 22.9. The van der Waals surface area contributed by atoms with E-state index in [1.54, 1.807) is 23.8 Å². The number of carbonyl (C=O) groups is 1. The van der Waals surface area contributed by atoms with Gasteiger partial charge in [0.15, 0.2) is 23.0 Å². The van der Waals surface area contributed by atoms with E-state index in [-0.39, 0.29) is 17.4 Å². The number of benzene rings is 2. The predicted molar refractivity (Wildman–Crippen MR) is 131 cm³/mol. The SMILES string of the molecule is COc1cc2ncn(CCCC(=O)N3CCC(c4nc5ccccc5o4)CC3)c(=O)c2cc1OC. The lowest BCUT2D eigenvalue weighted by molar-refractivity contribution is -0.132. The van der Waals surface area contributed by atoms with Crippen LogP contribution in [0.25, 0.3) is 22.0 Å². The fourth-order valence-electron chi connectivity index (χ4n) is 4.64. The number of oxazole rings is 1. The lowest BCUT2D eigenvalue weighted by atomic mass is 9.96. The van der Waals surface area contributed by atoms with Gasteiger partial charge in [-0.2, -0.15) is 0 Å². The number of rotatable bonds is 7. The number of aryl methyl sites for hydroxylation is 1. The second-order valence-electron chi connectivity index (χ2n) is 8.75. The van der Waals surface area contributed by atoms with Gasteiger partial charge in [-0.05, 0) is 37.5 Å². The summed E-state index contributed by atoms with van der Waals surface area (Å²) in [4.78, 5) is 36.6. The van der Waals surface area contributed by atoms with Crippen molar-refractivity contribution < 1.29 is 18.7 Å². The van der Waals surface area contributed by atoms with Gasteiger partial charge in [0.1, 0.15) is 5.52 Å². The predicted octanol–water partition coefficient (Wildman–Crippen LogP) is 3.74. The van der Waals surface area contributed by atoms with Gasteiger partial charge in [-0.1, -0.05) is 12.1 Å². The van der Waals surface area contributed by atoms with Crippen molar-refractivity contribution in [2.45, 2.75) is 38.1 Å². The summed E-state index contributed by atoms with van der Waals surface area (Å²) < 4.78 is 18.1. The summed E-state index contributed by atoms with van der Waals surface area (Å²) >= 11 is 0. The normalized spacial score (nSPS) is 14.5. The standard InChI is InChI=1S/C26H28N4O5/c1-33-22-14-18-20(15-23(22)34-2)27-16-30(26(18)32)11-5-8-24(31)29-12-9-17(10-13-29)25-28-19-6-3-4-7-21(19)35-25/h3-4,6-7,14-17H,5,8-13H2,1-2H3. The average molecular weight is 477 g/mol. The molecule has 1 aliphatic heterocycles. The van der Waals surface area contributed by atoms with E-state index in [0.29, 0.717) is 54.9 Å². The molecule has 0 radical (unpaired) electrons. The molecule has 2 aromatic carbocycles. The summed E-state index contributed by atoms with van der Waals surface area (Å²) in [7, 11) is 3.07. The Morgan fingerprint density at radius 3 is 2.57 bits per heavy atom. The Morgan fingerprint density at radius 2 is 1.83 bits per heavy atom. The van der Waals surface area contributed by atoms with Crippen molar-refractivity contribution in [2.24, 2.45) is 0 Å². The number of piperidine rings is 1. The maximum atomic E-state index is 12.9. The first-order chi connectivity index (χ1) is 17.1. The molecule has 0 bridgehead atoms. The third-order valence-corrected chi connectivity index (χ3v) is 6.63. The molecule has 0 saturated carbocycles. The second-order valence-corrected chi connectivity index (χ2v) is 8.75. The molecule has 0 atom stereocenters. The minimum atomic E-state index is -0.164. The summed E-state index contributed by atoms with van der Waals surface area (Å²) in [6.07, 6.45) is 4.12. The molecule has 4 aromatic rings. The molecular formula is C26H28N4O5. The van der Waals surface area contributed by atoms with E-state index in [1.165, 1.54) is 13.4 Å². The highest BCUT2D eigenvalue weighted by molar-refractivity contribution is 5.81. The minimum absolute atomic E-state index is 0.106. The maximum absolute atomic E-state index is 12.9. The van der Waals surface area contributed by atoms with Crippen molar-refractivity contribution in [1.82, 2.24) is 19.4 Å². The molecule has 1 amide bonds. The minimum Gasteiger partial charge on any atom is -0.493 e. The van der Waals surface area contributed by atoms with Gasteiger partial charge < -0.3 is 18.8 Å². The van der Waals surface area contributed by atoms with Crippen LogP contribution in [0.1, 0.15) is 37.5 Å². The first-order valence-electron chi connectivity index (χ1n) is 11.8. The lowest BCUT2D eigenvalue weighted by Crippen LogP contribution is -2.38. The molecule has 9 heteroatoms. The number of aromatic nitrogens is 3. The Hall–Kier alpha value is -3.88. The summed E-state index contributed by atoms with van der Waals surface area (Å²) in [5.74, 6) is 2.09. The van der Waals surface area contributed by atoms with Crippen LogP contribution in [0, 0.1) is 0 Å². The van der Waals surface area contributed by atoms with E-state index in [2.05, 4.69) is 9.97 Å². The van der Waals surface area contributed by atoms with Crippen molar-refractivity contribution in [2.75, 3.05) is 27.3 Å². The molecule has 2 aromatic heterocycles. The first-order valence-corrected chi connectivity index (χ1v) is 11.8. The molecule has 1 aliphatic rings. The van der Waals surface area contributed by atoms with Crippen LogP contribution in [0.5, 0.6) is 11.5 Å². The number of amides is 1. The van der Waals surface area contributed by atoms with Gasteiger partial charge in [0.05, 0.1) is 31.4 Å². The zero-order chi connectivity index (χ0) is 24.4. The molecule has 3 heterocycles. The van der Waals surface area contributed by atoms with Crippen molar-refractivity contribution in [3.05, 3.63) is 59.0 Å². The quantitative estimate of drug-likeness (QED) is 0.401. The highest BCUT2D eigenvalue weighted by Gasteiger charge is 2.26. The summed E-state index contributed by atoms with van der Waals surface area (Å²) in [6.45, 7) is 1.78. The monoisotopic (exact) mass is 476 g/mol. The Morgan fingerprint density at radius 1 is 1.09 bits per heavy atom. The molecule has 1 fully saturated rings. The van der Waals surface area contributed by atoms with Gasteiger partial charge in [-0.3, -0.25) is 14.2 Å². The van der Waals surface area contributed by atoms with Gasteiger partial charge in [-0.15, -0.1) is 0 Å². The van der Waals surface area contributed by atoms with E-state index in [4.69, 9.17) is 13.9 Å². The highest BCUT2D eigenvalue weighted by atomic mass is 16.5. The van der Waals surface area contributed by atoms with E-state index in [1.807, 2.05) is 29.2 Å². The number of fused-ring (bicyclic) bond motifs is 2. The molecule has 0 spiro atoms. The molecule has 35 heavy (non-hydrogen) atoms. The number of likely N-dealkylation sites (tertiary alicyclic amines) is 1. The largest absolute Gasteiger partial charge is 0.493 e. The van der Waals surface area contributed by atoms with Crippen LogP contribution >= 0.6 is 0 Å². The molecule has 9 nitrogen and oxygen atoms in total. The van der Waals surface area contributed by atoms with E-state index in [0.717, 1.165) is 29.8 Å².